The van der Waals surface area contributed by atoms with Crippen molar-refractivity contribution >= 4 is 35.9 Å². The Morgan fingerprint density at radius 3 is 2.27 bits per heavy atom. The lowest BCUT2D eigenvalue weighted by Gasteiger charge is -2.36. The van der Waals surface area contributed by atoms with E-state index < -0.39 is 0 Å². The maximum atomic E-state index is 5.89. The molecule has 0 amide bonds. The molecule has 180 valence electrons. The molecule has 1 N–H and O–H groups in total. The third kappa shape index (κ3) is 7.00. The quantitative estimate of drug-likeness (QED) is 0.340. The van der Waals surface area contributed by atoms with Gasteiger partial charge in [0.15, 0.2) is 5.96 Å². The zero-order valence-corrected chi connectivity index (χ0v) is 22.2. The highest BCUT2D eigenvalue weighted by Gasteiger charge is 2.23. The number of halogens is 1. The molecular weight excluding hydrogens is 529 g/mol. The van der Waals surface area contributed by atoms with Crippen molar-refractivity contribution in [1.82, 2.24) is 25.1 Å². The number of aliphatic imine (C=N–C) groups is 1. The van der Waals surface area contributed by atoms with Gasteiger partial charge in [-0.15, -0.1) is 24.0 Å². The number of aromatic nitrogens is 2. The van der Waals surface area contributed by atoms with E-state index in [-0.39, 0.29) is 36.2 Å². The van der Waals surface area contributed by atoms with E-state index in [0.29, 0.717) is 0 Å². The maximum Gasteiger partial charge on any atom is 0.225 e. The number of anilines is 1. The van der Waals surface area contributed by atoms with Crippen molar-refractivity contribution in [3.8, 4) is 0 Å². The summed E-state index contributed by atoms with van der Waals surface area (Å²) >= 11 is 0. The molecule has 2 aliphatic heterocycles. The first-order valence-corrected chi connectivity index (χ1v) is 11.5. The van der Waals surface area contributed by atoms with Crippen LogP contribution in [0.15, 0.2) is 47.7 Å². The highest BCUT2D eigenvalue weighted by atomic mass is 127. The molecule has 2 saturated heterocycles. The minimum Gasteiger partial charge on any atom is -0.373 e. The van der Waals surface area contributed by atoms with Gasteiger partial charge in [0, 0.05) is 71.8 Å². The summed E-state index contributed by atoms with van der Waals surface area (Å²) in [6.45, 7) is 11.5. The van der Waals surface area contributed by atoms with Crippen LogP contribution in [0.1, 0.15) is 25.0 Å². The first-order valence-electron chi connectivity index (χ1n) is 11.5. The predicted octanol–water partition coefficient (Wildman–Crippen LogP) is 2.60. The minimum absolute atomic E-state index is 0. The predicted molar refractivity (Wildman–Crippen MR) is 143 cm³/mol. The van der Waals surface area contributed by atoms with Crippen LogP contribution >= 0.6 is 24.0 Å². The number of rotatable bonds is 5. The largest absolute Gasteiger partial charge is 0.373 e. The van der Waals surface area contributed by atoms with E-state index in [0.717, 1.165) is 64.3 Å². The molecule has 2 aliphatic rings. The Hall–Kier alpha value is -1.98. The molecule has 2 atom stereocenters. The monoisotopic (exact) mass is 565 g/mol. The molecule has 1 aromatic carbocycles. The van der Waals surface area contributed by atoms with Gasteiger partial charge in [0.25, 0.3) is 0 Å². The van der Waals surface area contributed by atoms with Crippen LogP contribution in [0.25, 0.3) is 0 Å². The summed E-state index contributed by atoms with van der Waals surface area (Å²) in [5.41, 5.74) is 2.68. The number of ether oxygens (including phenoxy) is 1. The number of hydrogen-bond donors (Lipinski definition) is 1. The topological polar surface area (TPSA) is 69.1 Å². The molecule has 0 radical (unpaired) electrons. The van der Waals surface area contributed by atoms with Crippen molar-refractivity contribution in [2.45, 2.75) is 39.1 Å². The van der Waals surface area contributed by atoms with Crippen molar-refractivity contribution in [3.05, 3.63) is 53.9 Å². The third-order valence-corrected chi connectivity index (χ3v) is 6.07. The molecule has 8 nitrogen and oxygen atoms in total. The Kier molecular flexibility index (Phi) is 9.69. The number of piperazine rings is 1. The molecule has 33 heavy (non-hydrogen) atoms. The Balaban J connectivity index is 0.00000306. The van der Waals surface area contributed by atoms with Crippen LogP contribution in [-0.2, 0) is 17.8 Å². The average Bonchev–Trinajstić information content (AvgIpc) is 2.81. The number of guanidine groups is 1. The number of morpholine rings is 1. The normalized spacial score (nSPS) is 22.1. The van der Waals surface area contributed by atoms with E-state index >= 15 is 0 Å². The summed E-state index contributed by atoms with van der Waals surface area (Å²) in [6.07, 6.45) is 4.15. The van der Waals surface area contributed by atoms with E-state index in [4.69, 9.17) is 4.74 Å². The number of nitrogens with zero attached hydrogens (tertiary/aromatic N) is 6. The Morgan fingerprint density at radius 2 is 1.64 bits per heavy atom. The van der Waals surface area contributed by atoms with Gasteiger partial charge in [-0.1, -0.05) is 24.3 Å². The SMILES string of the molecule is CN=C(NCc1ccccc1CN1CC(C)OC(C)C1)N1CCN(c2ncccn2)CC1.I. The molecule has 0 spiro atoms. The first-order chi connectivity index (χ1) is 15.6. The zero-order chi connectivity index (χ0) is 22.3. The molecule has 2 aromatic rings. The van der Waals surface area contributed by atoms with Crippen molar-refractivity contribution in [1.29, 1.82) is 0 Å². The van der Waals surface area contributed by atoms with Crippen LogP contribution in [0, 0.1) is 0 Å². The molecule has 2 unspecified atom stereocenters. The highest BCUT2D eigenvalue weighted by Crippen LogP contribution is 2.17. The summed E-state index contributed by atoms with van der Waals surface area (Å²) in [5, 5.41) is 3.59. The lowest BCUT2D eigenvalue weighted by atomic mass is 10.1. The van der Waals surface area contributed by atoms with Gasteiger partial charge in [0.05, 0.1) is 12.2 Å². The van der Waals surface area contributed by atoms with E-state index in [1.165, 1.54) is 11.1 Å². The fourth-order valence-electron chi connectivity index (χ4n) is 4.62. The summed E-state index contributed by atoms with van der Waals surface area (Å²) in [5.74, 6) is 1.75. The van der Waals surface area contributed by atoms with Gasteiger partial charge in [-0.3, -0.25) is 9.89 Å². The lowest BCUT2D eigenvalue weighted by Crippen LogP contribution is -2.52. The average molecular weight is 566 g/mol. The van der Waals surface area contributed by atoms with Crippen molar-refractivity contribution < 1.29 is 4.74 Å². The lowest BCUT2D eigenvalue weighted by molar-refractivity contribution is -0.0705. The van der Waals surface area contributed by atoms with Crippen LogP contribution in [0.2, 0.25) is 0 Å². The van der Waals surface area contributed by atoms with Gasteiger partial charge in [0.1, 0.15) is 0 Å². The van der Waals surface area contributed by atoms with E-state index in [9.17, 15) is 0 Å². The Labute approximate surface area is 214 Å². The fourth-order valence-corrected chi connectivity index (χ4v) is 4.62. The summed E-state index contributed by atoms with van der Waals surface area (Å²) in [6, 6.07) is 10.6. The van der Waals surface area contributed by atoms with E-state index in [2.05, 4.69) is 73.1 Å². The molecular formula is C24H36IN7O. The third-order valence-electron chi connectivity index (χ3n) is 6.07. The smallest absolute Gasteiger partial charge is 0.225 e. The standard InChI is InChI=1S/C24H35N7O.HI/c1-19-16-29(17-20(2)32-19)18-22-8-5-4-7-21(22)15-28-23(25-3)30-11-13-31(14-12-30)24-26-9-6-10-27-24;/h4-10,19-20H,11-18H2,1-3H3,(H,25,28);1H. The van der Waals surface area contributed by atoms with E-state index in [1.807, 2.05) is 13.1 Å². The van der Waals surface area contributed by atoms with Gasteiger partial charge in [-0.25, -0.2) is 9.97 Å². The van der Waals surface area contributed by atoms with Crippen LogP contribution in [0.4, 0.5) is 5.95 Å². The number of nitrogens with one attached hydrogen (secondary N) is 1. The van der Waals surface area contributed by atoms with Gasteiger partial charge in [0.2, 0.25) is 5.95 Å². The number of benzene rings is 1. The molecule has 0 saturated carbocycles. The van der Waals surface area contributed by atoms with Crippen LogP contribution < -0.4 is 10.2 Å². The van der Waals surface area contributed by atoms with Crippen molar-refractivity contribution in [2.75, 3.05) is 51.2 Å². The second-order valence-electron chi connectivity index (χ2n) is 8.64. The van der Waals surface area contributed by atoms with Gasteiger partial charge in [-0.2, -0.15) is 0 Å². The molecule has 4 rings (SSSR count). The zero-order valence-electron chi connectivity index (χ0n) is 19.9. The highest BCUT2D eigenvalue weighted by molar-refractivity contribution is 14.0. The molecule has 1 aromatic heterocycles. The number of hydrogen-bond acceptors (Lipinski definition) is 6. The second-order valence-corrected chi connectivity index (χ2v) is 8.64. The minimum atomic E-state index is 0. The fraction of sp³-hybridized carbons (Fsp3) is 0.542. The second kappa shape index (κ2) is 12.5. The maximum absolute atomic E-state index is 5.89. The van der Waals surface area contributed by atoms with Gasteiger partial charge in [-0.05, 0) is 31.0 Å². The van der Waals surface area contributed by atoms with Crippen molar-refractivity contribution in [3.63, 3.8) is 0 Å². The van der Waals surface area contributed by atoms with Crippen molar-refractivity contribution in [2.24, 2.45) is 4.99 Å². The van der Waals surface area contributed by atoms with Gasteiger partial charge < -0.3 is 19.9 Å². The summed E-state index contributed by atoms with van der Waals surface area (Å²) < 4.78 is 5.89. The van der Waals surface area contributed by atoms with Gasteiger partial charge >= 0.3 is 0 Å². The molecule has 0 aliphatic carbocycles. The first kappa shape index (κ1) is 25.6. The van der Waals surface area contributed by atoms with Crippen LogP contribution in [0.3, 0.4) is 0 Å². The van der Waals surface area contributed by atoms with E-state index in [1.54, 1.807) is 12.4 Å². The molecule has 9 heteroatoms. The summed E-state index contributed by atoms with van der Waals surface area (Å²) in [7, 11) is 1.86. The molecule has 0 bridgehead atoms. The molecule has 2 fully saturated rings. The van der Waals surface area contributed by atoms with Crippen LogP contribution in [-0.4, -0.2) is 84.3 Å². The van der Waals surface area contributed by atoms with Crippen LogP contribution in [0.5, 0.6) is 0 Å². The Morgan fingerprint density at radius 1 is 1.00 bits per heavy atom. The Bertz CT molecular complexity index is 879. The summed E-state index contributed by atoms with van der Waals surface area (Å²) in [4.78, 5) is 20.3. The molecule has 3 heterocycles.